The van der Waals surface area contributed by atoms with Crippen molar-refractivity contribution in [2.75, 3.05) is 0 Å². The van der Waals surface area contributed by atoms with E-state index in [0.717, 1.165) is 11.6 Å². The lowest BCUT2D eigenvalue weighted by molar-refractivity contribution is -0.137. The van der Waals surface area contributed by atoms with Gasteiger partial charge in [0.25, 0.3) is 0 Å². The molecule has 0 fully saturated rings. The number of halogens is 4. The van der Waals surface area contributed by atoms with Crippen LogP contribution < -0.4 is 0 Å². The zero-order valence-corrected chi connectivity index (χ0v) is 17.9. The van der Waals surface area contributed by atoms with Crippen molar-refractivity contribution in [3.05, 3.63) is 94.5 Å². The van der Waals surface area contributed by atoms with Gasteiger partial charge in [-0.15, -0.1) is 10.2 Å². The molecule has 0 N–H and O–H groups in total. The standard InChI is InChI=1S/C23H14ClF3N4S/c24-18-5-3-4-17(12-18)21-29-30-22(32-14-16-10-8-15(13-28)9-11-16)31(21)20-7-2-1-6-19(20)23(25,26)27/h1-12H,14H2. The number of aromatic nitrogens is 3. The van der Waals surface area contributed by atoms with Crippen LogP contribution in [-0.2, 0) is 11.9 Å². The maximum atomic E-state index is 13.8. The third-order valence-electron chi connectivity index (χ3n) is 4.62. The summed E-state index contributed by atoms with van der Waals surface area (Å²) in [6.07, 6.45) is -4.55. The predicted octanol–water partition coefficient (Wildman–Crippen LogP) is 6.77. The van der Waals surface area contributed by atoms with Crippen LogP contribution >= 0.6 is 23.4 Å². The fourth-order valence-electron chi connectivity index (χ4n) is 3.13. The van der Waals surface area contributed by atoms with Gasteiger partial charge in [0, 0.05) is 16.3 Å². The van der Waals surface area contributed by atoms with Crippen LogP contribution in [0, 0.1) is 11.3 Å². The van der Waals surface area contributed by atoms with Crippen LogP contribution in [0.3, 0.4) is 0 Å². The van der Waals surface area contributed by atoms with Gasteiger partial charge in [0.05, 0.1) is 22.9 Å². The topological polar surface area (TPSA) is 54.5 Å². The molecule has 1 aromatic heterocycles. The highest BCUT2D eigenvalue weighted by Crippen LogP contribution is 2.38. The maximum absolute atomic E-state index is 13.8. The van der Waals surface area contributed by atoms with E-state index in [0.29, 0.717) is 27.1 Å². The minimum absolute atomic E-state index is 0.0673. The number of benzene rings is 3. The number of thioether (sulfide) groups is 1. The minimum Gasteiger partial charge on any atom is -0.269 e. The molecule has 3 aromatic carbocycles. The van der Waals surface area contributed by atoms with Gasteiger partial charge in [0.1, 0.15) is 0 Å². The monoisotopic (exact) mass is 470 g/mol. The summed E-state index contributed by atoms with van der Waals surface area (Å²) >= 11 is 7.36. The average molecular weight is 471 g/mol. The largest absolute Gasteiger partial charge is 0.418 e. The van der Waals surface area contributed by atoms with E-state index in [-0.39, 0.29) is 11.5 Å². The molecule has 0 amide bonds. The zero-order valence-electron chi connectivity index (χ0n) is 16.3. The number of rotatable bonds is 5. The van der Waals surface area contributed by atoms with Crippen molar-refractivity contribution in [3.63, 3.8) is 0 Å². The molecule has 0 aliphatic heterocycles. The van der Waals surface area contributed by atoms with Gasteiger partial charge in [0.15, 0.2) is 11.0 Å². The average Bonchev–Trinajstić information content (AvgIpc) is 3.21. The molecule has 0 atom stereocenters. The van der Waals surface area contributed by atoms with Crippen LogP contribution in [0.4, 0.5) is 13.2 Å². The highest BCUT2D eigenvalue weighted by molar-refractivity contribution is 7.98. The number of hydrogen-bond donors (Lipinski definition) is 0. The first kappa shape index (κ1) is 21.9. The smallest absolute Gasteiger partial charge is 0.269 e. The molecule has 0 aliphatic rings. The molecule has 4 nitrogen and oxygen atoms in total. The van der Waals surface area contributed by atoms with Crippen LogP contribution in [0.1, 0.15) is 16.7 Å². The van der Waals surface area contributed by atoms with E-state index in [1.165, 1.54) is 28.5 Å². The molecule has 4 rings (SSSR count). The van der Waals surface area contributed by atoms with E-state index < -0.39 is 11.7 Å². The predicted molar refractivity (Wildman–Crippen MR) is 118 cm³/mol. The maximum Gasteiger partial charge on any atom is 0.418 e. The summed E-state index contributed by atoms with van der Waals surface area (Å²) < 4.78 is 42.8. The molecule has 4 aromatic rings. The van der Waals surface area contributed by atoms with Crippen LogP contribution in [0.25, 0.3) is 17.1 Å². The Bertz CT molecular complexity index is 1290. The Labute approximate surface area is 191 Å². The van der Waals surface area contributed by atoms with Crippen molar-refractivity contribution in [2.24, 2.45) is 0 Å². The Hall–Kier alpha value is -3.28. The van der Waals surface area contributed by atoms with E-state index in [2.05, 4.69) is 16.3 Å². The first-order valence-electron chi connectivity index (χ1n) is 9.36. The molecule has 0 spiro atoms. The lowest BCUT2D eigenvalue weighted by atomic mass is 10.1. The number of para-hydroxylation sites is 1. The fraction of sp³-hybridized carbons (Fsp3) is 0.0870. The van der Waals surface area contributed by atoms with Crippen molar-refractivity contribution in [3.8, 4) is 23.1 Å². The van der Waals surface area contributed by atoms with Crippen LogP contribution in [0.2, 0.25) is 5.02 Å². The van der Waals surface area contributed by atoms with Gasteiger partial charge >= 0.3 is 6.18 Å². The second kappa shape index (κ2) is 9.07. The lowest BCUT2D eigenvalue weighted by Crippen LogP contribution is -2.12. The number of nitriles is 1. The third-order valence-corrected chi connectivity index (χ3v) is 5.85. The van der Waals surface area contributed by atoms with Gasteiger partial charge in [0.2, 0.25) is 0 Å². The summed E-state index contributed by atoms with van der Waals surface area (Å²) in [5.74, 6) is 0.694. The zero-order chi connectivity index (χ0) is 22.7. The highest BCUT2D eigenvalue weighted by Gasteiger charge is 2.35. The molecule has 0 bridgehead atoms. The molecule has 9 heteroatoms. The van der Waals surface area contributed by atoms with Gasteiger partial charge in [-0.3, -0.25) is 4.57 Å². The number of nitrogens with zero attached hydrogens (tertiary/aromatic N) is 4. The van der Waals surface area contributed by atoms with E-state index in [1.54, 1.807) is 54.6 Å². The Balaban J connectivity index is 1.80. The first-order chi connectivity index (χ1) is 15.4. The summed E-state index contributed by atoms with van der Waals surface area (Å²) in [5, 5.41) is 18.1. The van der Waals surface area contributed by atoms with E-state index >= 15 is 0 Å². The highest BCUT2D eigenvalue weighted by atomic mass is 35.5. The quantitative estimate of drug-likeness (QED) is 0.302. The van der Waals surface area contributed by atoms with Crippen molar-refractivity contribution < 1.29 is 13.2 Å². The molecule has 0 radical (unpaired) electrons. The van der Waals surface area contributed by atoms with E-state index in [1.807, 2.05) is 0 Å². The van der Waals surface area contributed by atoms with Crippen LogP contribution in [0.15, 0.2) is 78.0 Å². The number of hydrogen-bond acceptors (Lipinski definition) is 4. The summed E-state index contributed by atoms with van der Waals surface area (Å²) in [6, 6.07) is 21.1. The second-order valence-electron chi connectivity index (χ2n) is 6.76. The molecular weight excluding hydrogens is 457 g/mol. The molecule has 0 saturated heterocycles. The van der Waals surface area contributed by atoms with E-state index in [4.69, 9.17) is 16.9 Å². The van der Waals surface area contributed by atoms with Crippen molar-refractivity contribution >= 4 is 23.4 Å². The Morgan fingerprint density at radius 3 is 2.41 bits per heavy atom. The molecule has 0 unspecified atom stereocenters. The fourth-order valence-corrected chi connectivity index (χ4v) is 4.22. The van der Waals surface area contributed by atoms with Crippen LogP contribution in [0.5, 0.6) is 0 Å². The second-order valence-corrected chi connectivity index (χ2v) is 8.14. The molecule has 160 valence electrons. The molecular formula is C23H14ClF3N4S. The van der Waals surface area contributed by atoms with Crippen LogP contribution in [-0.4, -0.2) is 14.8 Å². The molecule has 32 heavy (non-hydrogen) atoms. The lowest BCUT2D eigenvalue weighted by Gasteiger charge is -2.16. The summed E-state index contributed by atoms with van der Waals surface area (Å²) in [7, 11) is 0. The molecule has 0 saturated carbocycles. The summed E-state index contributed by atoms with van der Waals surface area (Å²) in [6.45, 7) is 0. The number of alkyl halides is 3. The first-order valence-corrected chi connectivity index (χ1v) is 10.7. The van der Waals surface area contributed by atoms with Gasteiger partial charge in [-0.25, -0.2) is 0 Å². The summed E-state index contributed by atoms with van der Waals surface area (Å²) in [5.41, 5.74) is 1.12. The Morgan fingerprint density at radius 1 is 0.969 bits per heavy atom. The normalized spacial score (nSPS) is 11.3. The van der Waals surface area contributed by atoms with E-state index in [9.17, 15) is 13.2 Å². The van der Waals surface area contributed by atoms with Crippen molar-refractivity contribution in [1.29, 1.82) is 5.26 Å². The molecule has 0 aliphatic carbocycles. The third kappa shape index (κ3) is 4.64. The minimum atomic E-state index is -4.55. The van der Waals surface area contributed by atoms with Gasteiger partial charge < -0.3 is 0 Å². The van der Waals surface area contributed by atoms with Gasteiger partial charge in [-0.05, 0) is 42.0 Å². The van der Waals surface area contributed by atoms with Gasteiger partial charge in [-0.2, -0.15) is 18.4 Å². The molecule has 1 heterocycles. The van der Waals surface area contributed by atoms with Gasteiger partial charge in [-0.1, -0.05) is 59.8 Å². The SMILES string of the molecule is N#Cc1ccc(CSc2nnc(-c3cccc(Cl)c3)n2-c2ccccc2C(F)(F)F)cc1. The Morgan fingerprint density at radius 2 is 1.72 bits per heavy atom. The van der Waals surface area contributed by atoms with Crippen molar-refractivity contribution in [1.82, 2.24) is 14.8 Å². The van der Waals surface area contributed by atoms with Crippen molar-refractivity contribution in [2.45, 2.75) is 17.1 Å². The Kier molecular flexibility index (Phi) is 6.21. The summed E-state index contributed by atoms with van der Waals surface area (Å²) in [4.78, 5) is 0.